The van der Waals surface area contributed by atoms with Gasteiger partial charge in [0.25, 0.3) is 0 Å². The van der Waals surface area contributed by atoms with Crippen molar-refractivity contribution >= 4 is 22.5 Å². The van der Waals surface area contributed by atoms with Gasteiger partial charge in [0.05, 0.1) is 48.4 Å². The summed E-state index contributed by atoms with van der Waals surface area (Å²) in [5.74, 6) is 0.828. The van der Waals surface area contributed by atoms with E-state index in [4.69, 9.17) is 9.72 Å². The van der Waals surface area contributed by atoms with E-state index in [9.17, 15) is 4.79 Å². The van der Waals surface area contributed by atoms with Gasteiger partial charge in [-0.3, -0.25) is 19.4 Å². The largest absolute Gasteiger partial charge is 0.378 e. The second-order valence-electron chi connectivity index (χ2n) is 10.1. The van der Waals surface area contributed by atoms with Crippen molar-refractivity contribution in [1.82, 2.24) is 29.6 Å². The minimum absolute atomic E-state index is 0.0148. The van der Waals surface area contributed by atoms with Crippen molar-refractivity contribution in [1.29, 1.82) is 0 Å². The monoisotopic (exact) mass is 511 g/mol. The van der Waals surface area contributed by atoms with Crippen LogP contribution in [0.2, 0.25) is 0 Å². The second-order valence-corrected chi connectivity index (χ2v) is 10.1. The van der Waals surface area contributed by atoms with Crippen LogP contribution < -0.4 is 4.90 Å². The fourth-order valence-electron chi connectivity index (χ4n) is 5.32. The maximum absolute atomic E-state index is 13.2. The first kappa shape index (κ1) is 24.6. The number of fused-ring (bicyclic) bond motifs is 1. The molecule has 0 amide bonds. The molecule has 9 heteroatoms. The molecule has 0 N–H and O–H groups in total. The van der Waals surface area contributed by atoms with Gasteiger partial charge in [0.1, 0.15) is 5.82 Å². The van der Waals surface area contributed by atoms with Gasteiger partial charge < -0.3 is 9.64 Å². The molecule has 2 saturated heterocycles. The van der Waals surface area contributed by atoms with Gasteiger partial charge in [-0.2, -0.15) is 5.10 Å². The summed E-state index contributed by atoms with van der Waals surface area (Å²) in [5.41, 5.74) is 5.31. The van der Waals surface area contributed by atoms with Crippen LogP contribution in [-0.4, -0.2) is 74.8 Å². The number of aryl methyl sites for hydroxylation is 1. The second kappa shape index (κ2) is 11.0. The van der Waals surface area contributed by atoms with Gasteiger partial charge in [0.2, 0.25) is 0 Å². The summed E-state index contributed by atoms with van der Waals surface area (Å²) in [6.45, 7) is 6.04. The molecule has 0 radical (unpaired) electrons. The third kappa shape index (κ3) is 5.30. The lowest BCUT2D eigenvalue weighted by molar-refractivity contribution is 0.0992. The zero-order valence-electron chi connectivity index (χ0n) is 21.8. The van der Waals surface area contributed by atoms with E-state index in [-0.39, 0.29) is 12.2 Å². The molecule has 4 aromatic heterocycles. The predicted octanol–water partition coefficient (Wildman–Crippen LogP) is 3.67. The molecular weight excluding hydrogens is 478 g/mol. The van der Waals surface area contributed by atoms with E-state index < -0.39 is 0 Å². The fourth-order valence-corrected chi connectivity index (χ4v) is 5.32. The first-order valence-corrected chi connectivity index (χ1v) is 13.5. The Morgan fingerprint density at radius 1 is 0.974 bits per heavy atom. The number of ketones is 1. The molecule has 0 spiro atoms. The summed E-state index contributed by atoms with van der Waals surface area (Å²) in [6, 6.07) is 9.66. The molecule has 0 aromatic carbocycles. The number of morpholine rings is 1. The fraction of sp³-hybridized carbons (Fsp3) is 0.414. The predicted molar refractivity (Wildman–Crippen MR) is 146 cm³/mol. The molecule has 2 aliphatic rings. The Bertz CT molecular complexity index is 1440. The van der Waals surface area contributed by atoms with Crippen molar-refractivity contribution in [2.24, 2.45) is 7.05 Å². The molecule has 2 aliphatic heterocycles. The van der Waals surface area contributed by atoms with Crippen molar-refractivity contribution in [2.45, 2.75) is 32.2 Å². The quantitative estimate of drug-likeness (QED) is 0.347. The lowest BCUT2D eigenvalue weighted by Gasteiger charge is -2.27. The van der Waals surface area contributed by atoms with Gasteiger partial charge in [-0.25, -0.2) is 9.97 Å². The van der Waals surface area contributed by atoms with Crippen molar-refractivity contribution in [2.75, 3.05) is 44.3 Å². The minimum atomic E-state index is 0.0148. The third-order valence-electron chi connectivity index (χ3n) is 7.53. The number of aromatic nitrogens is 5. The van der Waals surface area contributed by atoms with E-state index in [2.05, 4.69) is 24.9 Å². The highest BCUT2D eigenvalue weighted by Gasteiger charge is 2.19. The Labute approximate surface area is 222 Å². The number of likely N-dealkylation sites (tertiary alicyclic amines) is 1. The number of Topliss-reactive ketones (excluding diaryl/α,β-unsaturated/α-hetero) is 1. The van der Waals surface area contributed by atoms with Gasteiger partial charge in [0.15, 0.2) is 5.78 Å². The van der Waals surface area contributed by atoms with E-state index in [1.807, 2.05) is 42.2 Å². The summed E-state index contributed by atoms with van der Waals surface area (Å²) in [5, 5.41) is 5.50. The molecule has 6 rings (SSSR count). The highest BCUT2D eigenvalue weighted by Crippen LogP contribution is 2.26. The number of carbonyl (C=O) groups is 1. The Balaban J connectivity index is 1.22. The van der Waals surface area contributed by atoms with Crippen LogP contribution in [0.25, 0.3) is 22.2 Å². The van der Waals surface area contributed by atoms with E-state index in [1.165, 1.54) is 25.0 Å². The van der Waals surface area contributed by atoms with Crippen LogP contribution in [0, 0.1) is 0 Å². The van der Waals surface area contributed by atoms with Gasteiger partial charge >= 0.3 is 0 Å². The number of anilines is 1. The van der Waals surface area contributed by atoms with E-state index >= 15 is 0 Å². The smallest absolute Gasteiger partial charge is 0.169 e. The Kier molecular flexibility index (Phi) is 7.11. The van der Waals surface area contributed by atoms with Crippen molar-refractivity contribution < 1.29 is 9.53 Å². The topological polar surface area (TPSA) is 89.3 Å². The Morgan fingerprint density at radius 2 is 1.82 bits per heavy atom. The van der Waals surface area contributed by atoms with Gasteiger partial charge in [0, 0.05) is 55.6 Å². The molecule has 4 aromatic rings. The van der Waals surface area contributed by atoms with Gasteiger partial charge in [-0.05, 0) is 56.3 Å². The standard InChI is InChI=1S/C29H33N7O2/c1-34-27(20-35-9-3-2-4-10-35)24(19-32-34)25-6-5-22-18-31-23(16-26(22)33-25)17-28(37)21-7-8-30-29(15-21)36-11-13-38-14-12-36/h5-8,15-16,18-19H,2-4,9-14,17,20H2,1H3. The van der Waals surface area contributed by atoms with Crippen LogP contribution in [0.4, 0.5) is 5.82 Å². The maximum atomic E-state index is 13.2. The maximum Gasteiger partial charge on any atom is 0.169 e. The highest BCUT2D eigenvalue weighted by atomic mass is 16.5. The van der Waals surface area contributed by atoms with Crippen LogP contribution in [0.15, 0.2) is 48.9 Å². The minimum Gasteiger partial charge on any atom is -0.378 e. The van der Waals surface area contributed by atoms with Crippen LogP contribution in [-0.2, 0) is 24.8 Å². The average molecular weight is 512 g/mol. The lowest BCUT2D eigenvalue weighted by atomic mass is 10.1. The molecule has 196 valence electrons. The molecule has 0 bridgehead atoms. The molecule has 0 aliphatic carbocycles. The summed E-state index contributed by atoms with van der Waals surface area (Å²) in [7, 11) is 2.00. The SMILES string of the molecule is Cn1ncc(-c2ccc3cnc(CC(=O)c4ccnc(N5CCOCC5)c4)cc3n2)c1CN1CCCCC1. The molecule has 0 unspecified atom stereocenters. The number of pyridine rings is 3. The van der Waals surface area contributed by atoms with Gasteiger partial charge in [-0.15, -0.1) is 0 Å². The lowest BCUT2D eigenvalue weighted by Crippen LogP contribution is -2.36. The molecular formula is C29H33N7O2. The zero-order valence-corrected chi connectivity index (χ0v) is 21.8. The molecule has 38 heavy (non-hydrogen) atoms. The molecule has 0 atom stereocenters. The summed E-state index contributed by atoms with van der Waals surface area (Å²) >= 11 is 0. The third-order valence-corrected chi connectivity index (χ3v) is 7.53. The highest BCUT2D eigenvalue weighted by molar-refractivity contribution is 5.98. The summed E-state index contributed by atoms with van der Waals surface area (Å²) in [6.07, 6.45) is 9.45. The molecule has 2 fully saturated rings. The van der Waals surface area contributed by atoms with Crippen LogP contribution in [0.5, 0.6) is 0 Å². The first-order chi connectivity index (χ1) is 18.6. The average Bonchev–Trinajstić information content (AvgIpc) is 3.33. The van der Waals surface area contributed by atoms with E-state index in [1.54, 1.807) is 18.5 Å². The number of ether oxygens (including phenoxy) is 1. The van der Waals surface area contributed by atoms with E-state index in [0.29, 0.717) is 24.5 Å². The van der Waals surface area contributed by atoms with Crippen molar-refractivity contribution in [3.8, 4) is 11.3 Å². The van der Waals surface area contributed by atoms with Crippen LogP contribution in [0.1, 0.15) is 41.0 Å². The summed E-state index contributed by atoms with van der Waals surface area (Å²) < 4.78 is 7.40. The Morgan fingerprint density at radius 3 is 2.66 bits per heavy atom. The summed E-state index contributed by atoms with van der Waals surface area (Å²) in [4.78, 5) is 31.8. The van der Waals surface area contributed by atoms with E-state index in [0.717, 1.165) is 60.7 Å². The van der Waals surface area contributed by atoms with Crippen molar-refractivity contribution in [3.05, 3.63) is 65.9 Å². The number of hydrogen-bond acceptors (Lipinski definition) is 8. The van der Waals surface area contributed by atoms with Gasteiger partial charge in [-0.1, -0.05) is 6.42 Å². The number of rotatable bonds is 7. The van der Waals surface area contributed by atoms with Crippen LogP contribution in [0.3, 0.4) is 0 Å². The van der Waals surface area contributed by atoms with Crippen LogP contribution >= 0.6 is 0 Å². The number of piperidine rings is 1. The first-order valence-electron chi connectivity index (χ1n) is 13.5. The molecule has 6 heterocycles. The molecule has 0 saturated carbocycles. The Hall–Kier alpha value is -3.69. The zero-order chi connectivity index (χ0) is 25.9. The number of carbonyl (C=O) groups excluding carboxylic acids is 1. The number of hydrogen-bond donors (Lipinski definition) is 0. The van der Waals surface area contributed by atoms with Crippen molar-refractivity contribution in [3.63, 3.8) is 0 Å². The molecule has 9 nitrogen and oxygen atoms in total. The normalized spacial score (nSPS) is 16.7. The number of nitrogens with zero attached hydrogens (tertiary/aromatic N) is 7.